The zero-order chi connectivity index (χ0) is 25.3. The molecule has 7 nitrogen and oxygen atoms in total. The molecule has 0 spiro atoms. The summed E-state index contributed by atoms with van der Waals surface area (Å²) in [5.74, 6) is 0.856. The van der Waals surface area contributed by atoms with Gasteiger partial charge in [0.05, 0.1) is 20.3 Å². The molecular weight excluding hydrogens is 456 g/mol. The van der Waals surface area contributed by atoms with Gasteiger partial charge in [-0.2, -0.15) is 5.10 Å². The lowest BCUT2D eigenvalue weighted by Gasteiger charge is -2.28. The summed E-state index contributed by atoms with van der Waals surface area (Å²) in [5.41, 5.74) is 5.46. The van der Waals surface area contributed by atoms with Crippen molar-refractivity contribution in [3.8, 4) is 28.1 Å². The molecule has 1 saturated carbocycles. The summed E-state index contributed by atoms with van der Waals surface area (Å²) in [6.45, 7) is 1.78. The molecule has 0 amide bonds. The van der Waals surface area contributed by atoms with Crippen LogP contribution in [0.2, 0.25) is 0 Å². The Balaban J connectivity index is 1.62. The third kappa shape index (κ3) is 6.53. The second-order valence-corrected chi connectivity index (χ2v) is 9.49. The van der Waals surface area contributed by atoms with Gasteiger partial charge in [0.15, 0.2) is 0 Å². The number of aromatic nitrogens is 2. The maximum absolute atomic E-state index is 10.7. The first-order valence-electron chi connectivity index (χ1n) is 12.7. The molecule has 0 atom stereocenters. The van der Waals surface area contributed by atoms with Crippen LogP contribution in [0.4, 0.5) is 0 Å². The fraction of sp³-hybridized carbons (Fsp3) is 0.448. The maximum Gasteiger partial charge on any atom is 0.329 e. The molecule has 192 valence electrons. The minimum atomic E-state index is -0.910. The van der Waals surface area contributed by atoms with Gasteiger partial charge < -0.3 is 19.3 Å². The van der Waals surface area contributed by atoms with Gasteiger partial charge in [-0.3, -0.25) is 4.68 Å². The first-order valence-corrected chi connectivity index (χ1v) is 12.7. The number of benzene rings is 2. The number of ether oxygens (including phenoxy) is 3. The molecule has 1 aliphatic carbocycles. The second-order valence-electron chi connectivity index (χ2n) is 9.49. The predicted octanol–water partition coefficient (Wildman–Crippen LogP) is 5.32. The Morgan fingerprint density at radius 1 is 1.00 bits per heavy atom. The van der Waals surface area contributed by atoms with E-state index in [-0.39, 0.29) is 6.61 Å². The monoisotopic (exact) mass is 492 g/mol. The molecular formula is C29H36N2O5. The maximum atomic E-state index is 10.7. The van der Waals surface area contributed by atoms with Gasteiger partial charge in [0, 0.05) is 36.9 Å². The van der Waals surface area contributed by atoms with Crippen molar-refractivity contribution in [2.24, 2.45) is 11.8 Å². The Kier molecular flexibility index (Phi) is 9.14. The largest absolute Gasteiger partial charge is 0.497 e. The first kappa shape index (κ1) is 25.9. The summed E-state index contributed by atoms with van der Waals surface area (Å²) in [5, 5.41) is 14.0. The van der Waals surface area contributed by atoms with Gasteiger partial charge in [-0.05, 0) is 55.2 Å². The van der Waals surface area contributed by atoms with Crippen LogP contribution in [0.1, 0.15) is 31.4 Å². The molecule has 1 aliphatic rings. The van der Waals surface area contributed by atoms with E-state index in [9.17, 15) is 4.79 Å². The second kappa shape index (κ2) is 12.7. The quantitative estimate of drug-likeness (QED) is 0.368. The van der Waals surface area contributed by atoms with Gasteiger partial charge in [-0.15, -0.1) is 0 Å². The lowest BCUT2D eigenvalue weighted by molar-refractivity contribution is -0.142. The Bertz CT molecular complexity index is 1120. The van der Waals surface area contributed by atoms with Crippen molar-refractivity contribution in [2.75, 3.05) is 34.0 Å². The average Bonchev–Trinajstić information content (AvgIpc) is 3.26. The van der Waals surface area contributed by atoms with Crippen LogP contribution < -0.4 is 4.74 Å². The van der Waals surface area contributed by atoms with Crippen molar-refractivity contribution in [1.29, 1.82) is 0 Å². The lowest BCUT2D eigenvalue weighted by atomic mass is 9.82. The van der Waals surface area contributed by atoms with Gasteiger partial charge in [-0.25, -0.2) is 4.79 Å². The number of hydrogen-bond acceptors (Lipinski definition) is 5. The Morgan fingerprint density at radius 2 is 1.72 bits per heavy atom. The van der Waals surface area contributed by atoms with Crippen LogP contribution in [0.3, 0.4) is 0 Å². The van der Waals surface area contributed by atoms with Crippen LogP contribution in [0.5, 0.6) is 5.75 Å². The highest BCUT2D eigenvalue weighted by Gasteiger charge is 2.26. The number of carboxylic acid groups (broad SMARTS) is 1. The number of aliphatic carboxylic acids is 1. The van der Waals surface area contributed by atoms with Crippen LogP contribution in [0, 0.1) is 11.8 Å². The van der Waals surface area contributed by atoms with Crippen LogP contribution in [0.15, 0.2) is 54.6 Å². The first-order chi connectivity index (χ1) is 17.6. The molecule has 0 radical (unpaired) electrons. The summed E-state index contributed by atoms with van der Waals surface area (Å²) in [7, 11) is 3.42. The minimum absolute atomic E-state index is 0.217. The standard InChI is InChI=1S/C29H36N2O5/c1-34-16-15-26-28(24-9-6-10-25(17-24)35-2)29(23-7-4-3-5-8-23)30-31(26)18-21-11-13-22(14-12-21)19-36-20-27(32)33/h3-10,17,21-22H,11-16,18-20H2,1-2H3,(H,32,33). The molecule has 3 aromatic rings. The number of carbonyl (C=O) groups is 1. The van der Waals surface area contributed by atoms with E-state index >= 15 is 0 Å². The summed E-state index contributed by atoms with van der Waals surface area (Å²) in [6.07, 6.45) is 5.03. The molecule has 7 heteroatoms. The minimum Gasteiger partial charge on any atom is -0.497 e. The summed E-state index contributed by atoms with van der Waals surface area (Å²) < 4.78 is 18.6. The van der Waals surface area contributed by atoms with Gasteiger partial charge >= 0.3 is 5.97 Å². The number of carboxylic acids is 1. The predicted molar refractivity (Wildman–Crippen MR) is 139 cm³/mol. The molecule has 1 aromatic heterocycles. The van der Waals surface area contributed by atoms with Crippen molar-refractivity contribution >= 4 is 5.97 Å². The number of hydrogen-bond donors (Lipinski definition) is 1. The topological polar surface area (TPSA) is 82.8 Å². The van der Waals surface area contributed by atoms with E-state index in [0.29, 0.717) is 25.0 Å². The third-order valence-electron chi connectivity index (χ3n) is 6.98. The smallest absolute Gasteiger partial charge is 0.329 e. The Labute approximate surface area is 213 Å². The van der Waals surface area contributed by atoms with Crippen LogP contribution in [-0.4, -0.2) is 54.9 Å². The number of methoxy groups -OCH3 is 2. The number of nitrogens with zero attached hydrogens (tertiary/aromatic N) is 2. The van der Waals surface area contributed by atoms with Crippen LogP contribution >= 0.6 is 0 Å². The van der Waals surface area contributed by atoms with Gasteiger partial charge in [0.1, 0.15) is 18.1 Å². The van der Waals surface area contributed by atoms with Gasteiger partial charge in [0.25, 0.3) is 0 Å². The van der Waals surface area contributed by atoms with Crippen molar-refractivity contribution in [2.45, 2.75) is 38.6 Å². The van der Waals surface area contributed by atoms with E-state index in [1.807, 2.05) is 30.3 Å². The molecule has 4 rings (SSSR count). The van der Waals surface area contributed by atoms with Crippen LogP contribution in [0.25, 0.3) is 22.4 Å². The normalized spacial score (nSPS) is 17.7. The number of rotatable bonds is 12. The zero-order valence-electron chi connectivity index (χ0n) is 21.2. The van der Waals surface area contributed by atoms with Crippen molar-refractivity contribution in [3.05, 3.63) is 60.3 Å². The Hall–Kier alpha value is -3.16. The summed E-state index contributed by atoms with van der Waals surface area (Å²) >= 11 is 0. The SMILES string of the molecule is COCCc1c(-c2cccc(OC)c2)c(-c2ccccc2)nn1CC1CCC(COCC(=O)O)CC1. The zero-order valence-corrected chi connectivity index (χ0v) is 21.2. The lowest BCUT2D eigenvalue weighted by Crippen LogP contribution is -2.24. The van der Waals surface area contributed by atoms with E-state index in [4.69, 9.17) is 24.4 Å². The molecule has 1 heterocycles. The van der Waals surface area contributed by atoms with E-state index in [2.05, 4.69) is 28.9 Å². The fourth-order valence-electron chi connectivity index (χ4n) is 5.12. The van der Waals surface area contributed by atoms with Crippen molar-refractivity contribution in [3.63, 3.8) is 0 Å². The fourth-order valence-corrected chi connectivity index (χ4v) is 5.12. The molecule has 1 N–H and O–H groups in total. The average molecular weight is 493 g/mol. The van der Waals surface area contributed by atoms with Crippen molar-refractivity contribution < 1.29 is 24.1 Å². The molecule has 0 aliphatic heterocycles. The van der Waals surface area contributed by atoms with Crippen molar-refractivity contribution in [1.82, 2.24) is 9.78 Å². The highest BCUT2D eigenvalue weighted by atomic mass is 16.5. The molecule has 36 heavy (non-hydrogen) atoms. The highest BCUT2D eigenvalue weighted by molar-refractivity contribution is 5.83. The van der Waals surface area contributed by atoms with Gasteiger partial charge in [0.2, 0.25) is 0 Å². The highest BCUT2D eigenvalue weighted by Crippen LogP contribution is 2.38. The van der Waals surface area contributed by atoms with Gasteiger partial charge in [-0.1, -0.05) is 42.5 Å². The summed E-state index contributed by atoms with van der Waals surface area (Å²) in [6, 6.07) is 18.5. The summed E-state index contributed by atoms with van der Waals surface area (Å²) in [4.78, 5) is 10.7. The third-order valence-corrected chi connectivity index (χ3v) is 6.98. The van der Waals surface area contributed by atoms with E-state index in [1.54, 1.807) is 14.2 Å². The van der Waals surface area contributed by atoms with Crippen LogP contribution in [-0.2, 0) is 27.2 Å². The Morgan fingerprint density at radius 3 is 2.42 bits per heavy atom. The molecule has 0 saturated heterocycles. The molecule has 0 bridgehead atoms. The molecule has 2 aromatic carbocycles. The van der Waals surface area contributed by atoms with E-state index < -0.39 is 5.97 Å². The van der Waals surface area contributed by atoms with E-state index in [0.717, 1.165) is 66.8 Å². The molecule has 0 unspecified atom stereocenters. The van der Waals surface area contributed by atoms with E-state index in [1.165, 1.54) is 5.69 Å². The molecule has 1 fully saturated rings.